The molecule has 1 N–H and O–H groups in total. The number of methoxy groups -OCH3 is 1. The zero-order valence-electron chi connectivity index (χ0n) is 15.4. The average Bonchev–Trinajstić information content (AvgIpc) is 3.38. The Bertz CT molecular complexity index is 1170. The van der Waals surface area contributed by atoms with Gasteiger partial charge in [-0.1, -0.05) is 11.6 Å². The second-order valence-electron chi connectivity index (χ2n) is 5.89. The SMILES string of the molecule is COc1ncccc1-n1ncc(C(=O)Nc2cnc(-n3nccn3)c(Cl)c2)c1C. The number of nitrogens with zero attached hydrogens (tertiary/aromatic N) is 7. The van der Waals surface area contributed by atoms with E-state index in [-0.39, 0.29) is 5.91 Å². The number of pyridine rings is 2. The van der Waals surface area contributed by atoms with Crippen LogP contribution in [-0.4, -0.2) is 47.8 Å². The van der Waals surface area contributed by atoms with Gasteiger partial charge in [-0.2, -0.15) is 15.3 Å². The predicted molar refractivity (Wildman–Crippen MR) is 105 cm³/mol. The molecular weight excluding hydrogens is 396 g/mol. The summed E-state index contributed by atoms with van der Waals surface area (Å²) in [5.74, 6) is 0.422. The zero-order chi connectivity index (χ0) is 20.4. The van der Waals surface area contributed by atoms with Gasteiger partial charge in [-0.3, -0.25) is 4.79 Å². The van der Waals surface area contributed by atoms with E-state index in [1.807, 2.05) is 0 Å². The lowest BCUT2D eigenvalue weighted by Gasteiger charge is -2.09. The van der Waals surface area contributed by atoms with Crippen LogP contribution >= 0.6 is 11.6 Å². The van der Waals surface area contributed by atoms with Crippen molar-refractivity contribution in [3.63, 3.8) is 0 Å². The molecule has 0 bridgehead atoms. The molecule has 0 saturated carbocycles. The van der Waals surface area contributed by atoms with E-state index in [0.29, 0.717) is 39.4 Å². The molecule has 11 heteroatoms. The molecule has 4 aromatic heterocycles. The van der Waals surface area contributed by atoms with E-state index in [1.165, 1.54) is 36.7 Å². The maximum Gasteiger partial charge on any atom is 0.259 e. The molecule has 1 amide bonds. The summed E-state index contributed by atoms with van der Waals surface area (Å²) >= 11 is 6.25. The summed E-state index contributed by atoms with van der Waals surface area (Å²) in [6.07, 6.45) is 7.62. The lowest BCUT2D eigenvalue weighted by Crippen LogP contribution is -2.14. The number of hydrogen-bond acceptors (Lipinski definition) is 7. The van der Waals surface area contributed by atoms with Gasteiger partial charge in [0, 0.05) is 6.20 Å². The number of carbonyl (C=O) groups is 1. The van der Waals surface area contributed by atoms with Gasteiger partial charge in [0.15, 0.2) is 5.82 Å². The fourth-order valence-corrected chi connectivity index (χ4v) is 2.99. The highest BCUT2D eigenvalue weighted by atomic mass is 35.5. The zero-order valence-corrected chi connectivity index (χ0v) is 16.2. The molecule has 0 aliphatic heterocycles. The first-order valence-corrected chi connectivity index (χ1v) is 8.84. The number of halogens is 1. The molecule has 29 heavy (non-hydrogen) atoms. The monoisotopic (exact) mass is 410 g/mol. The van der Waals surface area contributed by atoms with Crippen molar-refractivity contribution in [1.29, 1.82) is 0 Å². The first kappa shape index (κ1) is 18.6. The Labute approximate surface area is 170 Å². The van der Waals surface area contributed by atoms with Gasteiger partial charge >= 0.3 is 0 Å². The number of ether oxygens (including phenoxy) is 1. The van der Waals surface area contributed by atoms with Crippen molar-refractivity contribution < 1.29 is 9.53 Å². The number of aromatic nitrogens is 7. The van der Waals surface area contributed by atoms with E-state index < -0.39 is 0 Å². The minimum absolute atomic E-state index is 0.298. The minimum Gasteiger partial charge on any atom is -0.479 e. The Kier molecular flexibility index (Phi) is 4.92. The fourth-order valence-electron chi connectivity index (χ4n) is 2.75. The van der Waals surface area contributed by atoms with E-state index in [2.05, 4.69) is 30.6 Å². The van der Waals surface area contributed by atoms with Gasteiger partial charge in [-0.05, 0) is 25.1 Å². The predicted octanol–water partition coefficient (Wildman–Crippen LogP) is 2.47. The van der Waals surface area contributed by atoms with Crippen molar-refractivity contribution in [2.75, 3.05) is 12.4 Å². The second kappa shape index (κ2) is 7.68. The van der Waals surface area contributed by atoms with Gasteiger partial charge in [-0.15, -0.1) is 4.80 Å². The van der Waals surface area contributed by atoms with Gasteiger partial charge in [0.05, 0.1) is 53.9 Å². The summed E-state index contributed by atoms with van der Waals surface area (Å²) < 4.78 is 6.86. The third kappa shape index (κ3) is 3.52. The van der Waals surface area contributed by atoms with Crippen LogP contribution in [0.2, 0.25) is 5.02 Å². The smallest absolute Gasteiger partial charge is 0.259 e. The molecule has 0 unspecified atom stereocenters. The minimum atomic E-state index is -0.348. The first-order chi connectivity index (χ1) is 14.1. The highest BCUT2D eigenvalue weighted by Crippen LogP contribution is 2.24. The Morgan fingerprint density at radius 3 is 2.66 bits per heavy atom. The van der Waals surface area contributed by atoms with Crippen LogP contribution in [0.25, 0.3) is 11.5 Å². The molecule has 0 fully saturated rings. The number of hydrogen-bond donors (Lipinski definition) is 1. The second-order valence-corrected chi connectivity index (χ2v) is 6.30. The molecule has 0 saturated heterocycles. The van der Waals surface area contributed by atoms with Gasteiger partial charge in [0.1, 0.15) is 5.69 Å². The van der Waals surface area contributed by atoms with Crippen LogP contribution in [0.5, 0.6) is 5.88 Å². The maximum atomic E-state index is 12.7. The summed E-state index contributed by atoms with van der Waals surface area (Å²) in [5.41, 5.74) is 2.09. The number of anilines is 1. The Balaban J connectivity index is 1.58. The van der Waals surface area contributed by atoms with Crippen molar-refractivity contribution in [1.82, 2.24) is 34.7 Å². The normalized spacial score (nSPS) is 10.7. The van der Waals surface area contributed by atoms with Crippen LogP contribution in [0.1, 0.15) is 16.1 Å². The maximum absolute atomic E-state index is 12.7. The molecule has 0 aromatic carbocycles. The highest BCUT2D eigenvalue weighted by Gasteiger charge is 2.18. The lowest BCUT2D eigenvalue weighted by molar-refractivity contribution is 0.102. The molecule has 4 heterocycles. The summed E-state index contributed by atoms with van der Waals surface area (Å²) in [6.45, 7) is 1.78. The van der Waals surface area contributed by atoms with Crippen LogP contribution in [0.4, 0.5) is 5.69 Å². The van der Waals surface area contributed by atoms with Crippen molar-refractivity contribution in [2.24, 2.45) is 0 Å². The van der Waals surface area contributed by atoms with Crippen molar-refractivity contribution >= 4 is 23.2 Å². The summed E-state index contributed by atoms with van der Waals surface area (Å²) in [6, 6.07) is 5.15. The first-order valence-electron chi connectivity index (χ1n) is 8.46. The van der Waals surface area contributed by atoms with Crippen LogP contribution in [0.15, 0.2) is 49.2 Å². The molecule has 0 spiro atoms. The number of carbonyl (C=O) groups excluding carboxylic acids is 1. The number of amides is 1. The lowest BCUT2D eigenvalue weighted by atomic mass is 10.2. The third-order valence-corrected chi connectivity index (χ3v) is 4.39. The third-order valence-electron chi connectivity index (χ3n) is 4.11. The number of rotatable bonds is 5. The fraction of sp³-hybridized carbons (Fsp3) is 0.111. The van der Waals surface area contributed by atoms with E-state index in [1.54, 1.807) is 36.0 Å². The summed E-state index contributed by atoms with van der Waals surface area (Å²) in [7, 11) is 1.53. The van der Waals surface area contributed by atoms with Crippen molar-refractivity contribution in [3.8, 4) is 17.4 Å². The van der Waals surface area contributed by atoms with Gasteiger partial charge in [0.25, 0.3) is 5.91 Å². The van der Waals surface area contributed by atoms with Crippen LogP contribution < -0.4 is 10.1 Å². The Morgan fingerprint density at radius 1 is 1.14 bits per heavy atom. The summed E-state index contributed by atoms with van der Waals surface area (Å²) in [5, 5.41) is 15.3. The van der Waals surface area contributed by atoms with Gasteiger partial charge in [-0.25, -0.2) is 14.6 Å². The average molecular weight is 411 g/mol. The van der Waals surface area contributed by atoms with Crippen molar-refractivity contribution in [3.05, 3.63) is 65.5 Å². The molecule has 4 rings (SSSR count). The van der Waals surface area contributed by atoms with E-state index in [9.17, 15) is 4.79 Å². The topological polar surface area (TPSA) is 113 Å². The molecule has 10 nitrogen and oxygen atoms in total. The Morgan fingerprint density at radius 2 is 1.93 bits per heavy atom. The Hall–Kier alpha value is -3.79. The molecule has 146 valence electrons. The molecular formula is C18H15ClN8O2. The van der Waals surface area contributed by atoms with E-state index in [0.717, 1.165) is 0 Å². The van der Waals surface area contributed by atoms with Crippen LogP contribution in [-0.2, 0) is 0 Å². The molecule has 0 radical (unpaired) electrons. The quantitative estimate of drug-likeness (QED) is 0.537. The molecule has 0 atom stereocenters. The number of nitrogens with one attached hydrogen (secondary N) is 1. The van der Waals surface area contributed by atoms with E-state index in [4.69, 9.17) is 16.3 Å². The molecule has 4 aromatic rings. The largest absolute Gasteiger partial charge is 0.479 e. The van der Waals surface area contributed by atoms with Crippen LogP contribution in [0.3, 0.4) is 0 Å². The van der Waals surface area contributed by atoms with Crippen molar-refractivity contribution in [2.45, 2.75) is 6.92 Å². The molecule has 0 aliphatic rings. The summed E-state index contributed by atoms with van der Waals surface area (Å²) in [4.78, 5) is 22.4. The van der Waals surface area contributed by atoms with E-state index >= 15 is 0 Å². The van der Waals surface area contributed by atoms with Gasteiger partial charge < -0.3 is 10.1 Å². The highest BCUT2D eigenvalue weighted by molar-refractivity contribution is 6.32. The standard InChI is InChI=1S/C18H15ClN8O2/c1-11-13(10-24-26(11)15-4-3-5-20-18(15)29-2)17(28)25-12-8-14(19)16(21-9-12)27-22-6-7-23-27/h3-10H,1-2H3,(H,25,28). The molecule has 0 aliphatic carbocycles. The van der Waals surface area contributed by atoms with Crippen LogP contribution in [0, 0.1) is 6.92 Å². The van der Waals surface area contributed by atoms with Gasteiger partial charge in [0.2, 0.25) is 5.88 Å².